The molecule has 1 unspecified atom stereocenters. The second kappa shape index (κ2) is 8.04. The molecule has 2 aliphatic heterocycles. The predicted octanol–water partition coefficient (Wildman–Crippen LogP) is 3.65. The van der Waals surface area contributed by atoms with Crippen molar-refractivity contribution in [1.82, 2.24) is 9.97 Å². The number of carbonyl (C=O) groups is 1. The fourth-order valence-electron chi connectivity index (χ4n) is 3.74. The highest BCUT2D eigenvalue weighted by atomic mass is 16.7. The van der Waals surface area contributed by atoms with E-state index in [1.807, 2.05) is 12.1 Å². The number of hydrogen-bond acceptors (Lipinski definition) is 6. The number of rotatable bonds is 5. The van der Waals surface area contributed by atoms with Crippen molar-refractivity contribution < 1.29 is 14.3 Å². The van der Waals surface area contributed by atoms with Gasteiger partial charge in [0.05, 0.1) is 5.56 Å². The number of piperidine rings is 1. The van der Waals surface area contributed by atoms with Gasteiger partial charge in [-0.2, -0.15) is 0 Å². The summed E-state index contributed by atoms with van der Waals surface area (Å²) in [7, 11) is 0. The maximum atomic E-state index is 12.7. The molecule has 0 bridgehead atoms. The highest BCUT2D eigenvalue weighted by molar-refractivity contribution is 6.04. The number of benzene rings is 1. The Bertz CT molecular complexity index is 853. The van der Waals surface area contributed by atoms with Gasteiger partial charge in [0.2, 0.25) is 12.7 Å². The lowest BCUT2D eigenvalue weighted by Gasteiger charge is -2.30. The van der Waals surface area contributed by atoms with Gasteiger partial charge in [-0.25, -0.2) is 9.97 Å². The summed E-state index contributed by atoms with van der Waals surface area (Å²) in [5, 5.41) is 2.98. The van der Waals surface area contributed by atoms with Gasteiger partial charge in [-0.1, -0.05) is 20.3 Å². The van der Waals surface area contributed by atoms with Crippen LogP contribution < -0.4 is 19.7 Å². The Balaban J connectivity index is 1.49. The smallest absolute Gasteiger partial charge is 0.258 e. The van der Waals surface area contributed by atoms with Crippen LogP contribution in [0.4, 0.5) is 11.6 Å². The number of nitrogens with one attached hydrogen (secondary N) is 1. The van der Waals surface area contributed by atoms with Crippen LogP contribution in [0.25, 0.3) is 0 Å². The van der Waals surface area contributed by atoms with E-state index in [0.717, 1.165) is 49.4 Å². The van der Waals surface area contributed by atoms with Crippen LogP contribution in [0, 0.1) is 5.92 Å². The number of anilines is 2. The van der Waals surface area contributed by atoms with Gasteiger partial charge in [0.15, 0.2) is 11.5 Å². The molecule has 1 fully saturated rings. The van der Waals surface area contributed by atoms with E-state index in [1.165, 1.54) is 6.42 Å². The lowest BCUT2D eigenvalue weighted by atomic mass is 10.0. The lowest BCUT2D eigenvalue weighted by molar-refractivity contribution is 0.102. The van der Waals surface area contributed by atoms with Crippen molar-refractivity contribution in [2.24, 2.45) is 5.92 Å². The Morgan fingerprint density at radius 1 is 1.25 bits per heavy atom. The largest absolute Gasteiger partial charge is 0.454 e. The minimum atomic E-state index is -0.227. The molecule has 0 aliphatic carbocycles. The zero-order valence-corrected chi connectivity index (χ0v) is 16.4. The maximum absolute atomic E-state index is 12.7. The van der Waals surface area contributed by atoms with E-state index in [1.54, 1.807) is 12.4 Å². The minimum absolute atomic E-state index is 0.211. The molecule has 7 heteroatoms. The molecule has 7 nitrogen and oxygen atoms in total. The molecule has 2 aromatic rings. The molecule has 3 heterocycles. The van der Waals surface area contributed by atoms with Gasteiger partial charge in [-0.3, -0.25) is 4.79 Å². The van der Waals surface area contributed by atoms with Crippen LogP contribution in [0.1, 0.15) is 49.0 Å². The second-order valence-electron chi connectivity index (χ2n) is 7.53. The van der Waals surface area contributed by atoms with E-state index in [2.05, 4.69) is 34.0 Å². The summed E-state index contributed by atoms with van der Waals surface area (Å²) in [6, 6.07) is 3.77. The number of nitrogens with zero attached hydrogens (tertiary/aromatic N) is 3. The molecule has 28 heavy (non-hydrogen) atoms. The van der Waals surface area contributed by atoms with Gasteiger partial charge in [0, 0.05) is 37.2 Å². The summed E-state index contributed by atoms with van der Waals surface area (Å²) in [5.74, 6) is 2.49. The number of aryl methyl sites for hydroxylation is 1. The van der Waals surface area contributed by atoms with Gasteiger partial charge >= 0.3 is 0 Å². The van der Waals surface area contributed by atoms with E-state index in [9.17, 15) is 4.79 Å². The summed E-state index contributed by atoms with van der Waals surface area (Å²) >= 11 is 0. The van der Waals surface area contributed by atoms with Crippen molar-refractivity contribution in [3.63, 3.8) is 0 Å². The molecule has 0 spiro atoms. The molecule has 0 radical (unpaired) electrons. The molecule has 1 aromatic heterocycles. The summed E-state index contributed by atoms with van der Waals surface area (Å²) in [6.07, 6.45) is 7.40. The average Bonchev–Trinajstić information content (AvgIpc) is 3.16. The summed E-state index contributed by atoms with van der Waals surface area (Å²) < 4.78 is 10.9. The summed E-state index contributed by atoms with van der Waals surface area (Å²) in [5.41, 5.74) is 2.21. The molecule has 1 saturated heterocycles. The van der Waals surface area contributed by atoms with Crippen LogP contribution in [-0.4, -0.2) is 35.8 Å². The topological polar surface area (TPSA) is 76.6 Å². The standard InChI is InChI=1S/C21H26N4O3/c1-3-5-15-8-18-19(28-13-27-18)9-17(15)24-20(26)16-10-22-21(23-11-16)25-7-4-6-14(2)12-25/h8-11,14H,3-7,12-13H2,1-2H3,(H,24,26). The Hall–Kier alpha value is -2.83. The number of amides is 1. The Labute approximate surface area is 165 Å². The van der Waals surface area contributed by atoms with Crippen molar-refractivity contribution in [2.75, 3.05) is 30.1 Å². The molecule has 1 amide bonds. The number of ether oxygens (including phenoxy) is 2. The predicted molar refractivity (Wildman–Crippen MR) is 107 cm³/mol. The zero-order valence-electron chi connectivity index (χ0n) is 16.4. The van der Waals surface area contributed by atoms with E-state index >= 15 is 0 Å². The fraction of sp³-hybridized carbons (Fsp3) is 0.476. The van der Waals surface area contributed by atoms with Gasteiger partial charge in [0.25, 0.3) is 5.91 Å². The van der Waals surface area contributed by atoms with Crippen molar-refractivity contribution in [1.29, 1.82) is 0 Å². The maximum Gasteiger partial charge on any atom is 0.258 e. The monoisotopic (exact) mass is 382 g/mol. The number of hydrogen-bond donors (Lipinski definition) is 1. The van der Waals surface area contributed by atoms with Crippen molar-refractivity contribution in [2.45, 2.75) is 39.5 Å². The molecule has 0 saturated carbocycles. The number of carbonyl (C=O) groups excluding carboxylic acids is 1. The van der Waals surface area contributed by atoms with Crippen LogP contribution in [0.5, 0.6) is 11.5 Å². The van der Waals surface area contributed by atoms with Gasteiger partial charge < -0.3 is 19.7 Å². The van der Waals surface area contributed by atoms with Crippen molar-refractivity contribution in [3.8, 4) is 11.5 Å². The normalized spacial score (nSPS) is 18.2. The molecular weight excluding hydrogens is 356 g/mol. The van der Waals surface area contributed by atoms with Gasteiger partial charge in [0.1, 0.15) is 0 Å². The van der Waals surface area contributed by atoms with Gasteiger partial charge in [-0.15, -0.1) is 0 Å². The van der Waals surface area contributed by atoms with Crippen LogP contribution in [0.15, 0.2) is 24.5 Å². The molecule has 2 aliphatic rings. The molecule has 1 N–H and O–H groups in total. The SMILES string of the molecule is CCCc1cc2c(cc1NC(=O)c1cnc(N3CCCC(C)C3)nc1)OCO2. The second-order valence-corrected chi connectivity index (χ2v) is 7.53. The minimum Gasteiger partial charge on any atom is -0.454 e. The third-order valence-corrected chi connectivity index (χ3v) is 5.21. The van der Waals surface area contributed by atoms with Crippen LogP contribution in [0.2, 0.25) is 0 Å². The molecule has 1 atom stereocenters. The molecule has 1 aromatic carbocycles. The summed E-state index contributed by atoms with van der Waals surface area (Å²) in [6.45, 7) is 6.48. The molecule has 148 valence electrons. The highest BCUT2D eigenvalue weighted by Crippen LogP contribution is 2.37. The van der Waals surface area contributed by atoms with E-state index in [-0.39, 0.29) is 12.7 Å². The van der Waals surface area contributed by atoms with E-state index in [0.29, 0.717) is 23.2 Å². The van der Waals surface area contributed by atoms with E-state index in [4.69, 9.17) is 9.47 Å². The quantitative estimate of drug-likeness (QED) is 0.851. The number of aromatic nitrogens is 2. The highest BCUT2D eigenvalue weighted by Gasteiger charge is 2.21. The van der Waals surface area contributed by atoms with Crippen LogP contribution in [-0.2, 0) is 6.42 Å². The summed E-state index contributed by atoms with van der Waals surface area (Å²) in [4.78, 5) is 23.8. The fourth-order valence-corrected chi connectivity index (χ4v) is 3.74. The molecule has 4 rings (SSSR count). The average molecular weight is 382 g/mol. The van der Waals surface area contributed by atoms with Gasteiger partial charge in [-0.05, 0) is 36.8 Å². The third kappa shape index (κ3) is 3.88. The van der Waals surface area contributed by atoms with E-state index < -0.39 is 0 Å². The van der Waals surface area contributed by atoms with Crippen molar-refractivity contribution in [3.05, 3.63) is 35.7 Å². The first-order valence-corrected chi connectivity index (χ1v) is 9.95. The number of fused-ring (bicyclic) bond motifs is 1. The lowest BCUT2D eigenvalue weighted by Crippen LogP contribution is -2.35. The first-order chi connectivity index (χ1) is 13.6. The van der Waals surface area contributed by atoms with Crippen molar-refractivity contribution >= 4 is 17.5 Å². The Kier molecular flexibility index (Phi) is 5.32. The first kappa shape index (κ1) is 18.5. The third-order valence-electron chi connectivity index (χ3n) is 5.21. The zero-order chi connectivity index (χ0) is 19.5. The first-order valence-electron chi connectivity index (χ1n) is 9.95. The molecular formula is C21H26N4O3. The van der Waals surface area contributed by atoms with Crippen LogP contribution >= 0.6 is 0 Å². The Morgan fingerprint density at radius 2 is 2.00 bits per heavy atom. The van der Waals surface area contributed by atoms with Crippen LogP contribution in [0.3, 0.4) is 0 Å². The Morgan fingerprint density at radius 3 is 2.71 bits per heavy atom.